The molecule has 1 unspecified atom stereocenters. The van der Waals surface area contributed by atoms with Crippen molar-refractivity contribution < 1.29 is 0 Å². The van der Waals surface area contributed by atoms with Crippen LogP contribution < -0.4 is 0 Å². The highest BCUT2D eigenvalue weighted by atomic mass is 14.7. The van der Waals surface area contributed by atoms with Crippen LogP contribution in [0.2, 0.25) is 0 Å². The van der Waals surface area contributed by atoms with Crippen molar-refractivity contribution in [2.45, 2.75) is 39.0 Å². The molecule has 1 heterocycles. The summed E-state index contributed by atoms with van der Waals surface area (Å²) in [6.45, 7) is 4.56. The van der Waals surface area contributed by atoms with E-state index >= 15 is 0 Å². The van der Waals surface area contributed by atoms with E-state index in [2.05, 4.69) is 49.2 Å². The molecule has 0 bridgehead atoms. The average molecular weight is 239 g/mol. The first-order chi connectivity index (χ1) is 8.81. The maximum Gasteiger partial charge on any atom is 0.0701 e. The smallest absolute Gasteiger partial charge is 0.0701 e. The summed E-state index contributed by atoms with van der Waals surface area (Å²) >= 11 is 0. The van der Waals surface area contributed by atoms with E-state index in [1.165, 1.54) is 30.4 Å². The summed E-state index contributed by atoms with van der Waals surface area (Å²) in [5.74, 6) is 0.655. The second-order valence-corrected chi connectivity index (χ2v) is 4.88. The Bertz CT molecular complexity index is 459. The quantitative estimate of drug-likeness (QED) is 0.712. The molecule has 1 atom stereocenters. The van der Waals surface area contributed by atoms with Gasteiger partial charge < -0.3 is 0 Å². The first-order valence-corrected chi connectivity index (χ1v) is 6.82. The fourth-order valence-electron chi connectivity index (χ4n) is 2.19. The third-order valence-corrected chi connectivity index (χ3v) is 3.43. The van der Waals surface area contributed by atoms with E-state index in [1.807, 2.05) is 18.3 Å². The summed E-state index contributed by atoms with van der Waals surface area (Å²) < 4.78 is 0. The van der Waals surface area contributed by atoms with Gasteiger partial charge in [0.15, 0.2) is 0 Å². The van der Waals surface area contributed by atoms with Gasteiger partial charge in [0.25, 0.3) is 0 Å². The molecule has 1 aromatic carbocycles. The molecule has 0 aliphatic heterocycles. The number of hydrogen-bond acceptors (Lipinski definition) is 1. The summed E-state index contributed by atoms with van der Waals surface area (Å²) in [5.41, 5.74) is 3.68. The Morgan fingerprint density at radius 2 is 1.83 bits per heavy atom. The highest BCUT2D eigenvalue weighted by molar-refractivity contribution is 5.59. The van der Waals surface area contributed by atoms with E-state index in [-0.39, 0.29) is 0 Å². The van der Waals surface area contributed by atoms with Gasteiger partial charge in [0, 0.05) is 11.8 Å². The minimum Gasteiger partial charge on any atom is -0.256 e. The van der Waals surface area contributed by atoms with Crippen molar-refractivity contribution >= 4 is 0 Å². The molecule has 0 N–H and O–H groups in total. The number of hydrogen-bond donors (Lipinski definition) is 0. The van der Waals surface area contributed by atoms with Gasteiger partial charge in [0.2, 0.25) is 0 Å². The molecule has 0 saturated carbocycles. The summed E-state index contributed by atoms with van der Waals surface area (Å²) in [6, 6.07) is 14.9. The Hall–Kier alpha value is -1.63. The lowest BCUT2D eigenvalue weighted by molar-refractivity contribution is 0.624. The molecule has 2 aromatic rings. The van der Waals surface area contributed by atoms with Crippen molar-refractivity contribution in [3.63, 3.8) is 0 Å². The van der Waals surface area contributed by atoms with Gasteiger partial charge in [-0.25, -0.2) is 0 Å². The van der Waals surface area contributed by atoms with Crippen LogP contribution >= 0.6 is 0 Å². The van der Waals surface area contributed by atoms with E-state index in [0.29, 0.717) is 5.92 Å². The van der Waals surface area contributed by atoms with Crippen LogP contribution in [0.15, 0.2) is 48.7 Å². The van der Waals surface area contributed by atoms with Crippen LogP contribution in [0.1, 0.15) is 44.6 Å². The van der Waals surface area contributed by atoms with Crippen LogP contribution in [0.25, 0.3) is 11.3 Å². The van der Waals surface area contributed by atoms with E-state index in [0.717, 1.165) is 5.69 Å². The van der Waals surface area contributed by atoms with Gasteiger partial charge in [0.1, 0.15) is 0 Å². The zero-order chi connectivity index (χ0) is 12.8. The molecule has 1 nitrogen and oxygen atoms in total. The van der Waals surface area contributed by atoms with Crippen LogP contribution in [0.4, 0.5) is 0 Å². The largest absolute Gasteiger partial charge is 0.256 e. The Kier molecular flexibility index (Phi) is 4.52. The molecular formula is C17H21N. The number of benzene rings is 1. The Morgan fingerprint density at radius 1 is 1.06 bits per heavy atom. The highest BCUT2D eigenvalue weighted by Gasteiger charge is 2.05. The van der Waals surface area contributed by atoms with Gasteiger partial charge >= 0.3 is 0 Å². The summed E-state index contributed by atoms with van der Waals surface area (Å²) in [5, 5.41) is 0. The van der Waals surface area contributed by atoms with Gasteiger partial charge in [-0.05, 0) is 30.0 Å². The first-order valence-electron chi connectivity index (χ1n) is 6.82. The molecule has 0 saturated heterocycles. The highest BCUT2D eigenvalue weighted by Crippen LogP contribution is 2.24. The topological polar surface area (TPSA) is 12.9 Å². The van der Waals surface area contributed by atoms with Crippen molar-refractivity contribution in [2.24, 2.45) is 0 Å². The van der Waals surface area contributed by atoms with E-state index < -0.39 is 0 Å². The van der Waals surface area contributed by atoms with Gasteiger partial charge in [-0.1, -0.05) is 57.0 Å². The Balaban J connectivity index is 2.10. The minimum atomic E-state index is 0.655. The predicted molar refractivity (Wildman–Crippen MR) is 77.6 cm³/mol. The number of pyridine rings is 1. The Morgan fingerprint density at radius 3 is 2.44 bits per heavy atom. The standard InChI is InChI=1S/C17H21N/c1-3-4-7-14(2)15-9-11-16(12-10-15)17-8-5-6-13-18-17/h5-6,8-14H,3-4,7H2,1-2H3. The van der Waals surface area contributed by atoms with Crippen molar-refractivity contribution in [3.05, 3.63) is 54.2 Å². The second-order valence-electron chi connectivity index (χ2n) is 4.88. The van der Waals surface area contributed by atoms with Crippen LogP contribution in [-0.4, -0.2) is 4.98 Å². The molecule has 0 amide bonds. The fraction of sp³-hybridized carbons (Fsp3) is 0.353. The SMILES string of the molecule is CCCCC(C)c1ccc(-c2ccccn2)cc1. The number of rotatable bonds is 5. The maximum atomic E-state index is 4.37. The molecule has 0 spiro atoms. The third kappa shape index (κ3) is 3.19. The van der Waals surface area contributed by atoms with Crippen LogP contribution in [0.5, 0.6) is 0 Å². The number of aromatic nitrogens is 1. The lowest BCUT2D eigenvalue weighted by atomic mass is 9.94. The van der Waals surface area contributed by atoms with Gasteiger partial charge in [-0.2, -0.15) is 0 Å². The molecule has 0 aliphatic rings. The van der Waals surface area contributed by atoms with Crippen molar-refractivity contribution in [1.82, 2.24) is 4.98 Å². The number of nitrogens with zero attached hydrogens (tertiary/aromatic N) is 1. The van der Waals surface area contributed by atoms with Crippen LogP contribution in [0.3, 0.4) is 0 Å². The van der Waals surface area contributed by atoms with E-state index in [9.17, 15) is 0 Å². The summed E-state index contributed by atoms with van der Waals surface area (Å²) in [4.78, 5) is 4.37. The lowest BCUT2D eigenvalue weighted by Crippen LogP contribution is -1.93. The molecule has 0 fully saturated rings. The third-order valence-electron chi connectivity index (χ3n) is 3.43. The molecule has 2 rings (SSSR count). The molecule has 1 heteroatoms. The molecule has 0 radical (unpaired) electrons. The predicted octanol–water partition coefficient (Wildman–Crippen LogP) is 5.04. The number of unbranched alkanes of at least 4 members (excludes halogenated alkanes) is 1. The average Bonchev–Trinajstić information content (AvgIpc) is 2.46. The van der Waals surface area contributed by atoms with Gasteiger partial charge in [0.05, 0.1) is 5.69 Å². The zero-order valence-electron chi connectivity index (χ0n) is 11.3. The van der Waals surface area contributed by atoms with Crippen molar-refractivity contribution in [1.29, 1.82) is 0 Å². The second kappa shape index (κ2) is 6.34. The van der Waals surface area contributed by atoms with Crippen LogP contribution in [-0.2, 0) is 0 Å². The minimum absolute atomic E-state index is 0.655. The van der Waals surface area contributed by atoms with Crippen molar-refractivity contribution in [3.8, 4) is 11.3 Å². The van der Waals surface area contributed by atoms with E-state index in [4.69, 9.17) is 0 Å². The van der Waals surface area contributed by atoms with Crippen LogP contribution in [0, 0.1) is 0 Å². The van der Waals surface area contributed by atoms with Gasteiger partial charge in [-0.3, -0.25) is 4.98 Å². The van der Waals surface area contributed by atoms with E-state index in [1.54, 1.807) is 0 Å². The normalized spacial score (nSPS) is 12.3. The maximum absolute atomic E-state index is 4.37. The monoisotopic (exact) mass is 239 g/mol. The molecular weight excluding hydrogens is 218 g/mol. The molecule has 94 valence electrons. The fourth-order valence-corrected chi connectivity index (χ4v) is 2.19. The summed E-state index contributed by atoms with van der Waals surface area (Å²) in [7, 11) is 0. The lowest BCUT2D eigenvalue weighted by Gasteiger charge is -2.11. The molecule has 0 aliphatic carbocycles. The zero-order valence-corrected chi connectivity index (χ0v) is 11.3. The van der Waals surface area contributed by atoms with Gasteiger partial charge in [-0.15, -0.1) is 0 Å². The summed E-state index contributed by atoms with van der Waals surface area (Å²) in [6.07, 6.45) is 5.70. The Labute approximate surface area is 110 Å². The first kappa shape index (κ1) is 12.8. The van der Waals surface area contributed by atoms with Crippen molar-refractivity contribution in [2.75, 3.05) is 0 Å². The molecule has 18 heavy (non-hydrogen) atoms. The molecule has 1 aromatic heterocycles.